The molecule has 1 aliphatic rings. The molecule has 240 valence electrons. The number of hydrogen-bond acceptors (Lipinski definition) is 8. The van der Waals surface area contributed by atoms with Gasteiger partial charge in [0.1, 0.15) is 22.4 Å². The molecule has 8 nitrogen and oxygen atoms in total. The molecule has 0 aliphatic carbocycles. The van der Waals surface area contributed by atoms with Crippen LogP contribution in [-0.4, -0.2) is 69.2 Å². The molecular formula is C33H52N2O6SSi. The normalized spacial score (nSPS) is 21.7. The lowest BCUT2D eigenvalue weighted by Crippen LogP contribution is -2.49. The van der Waals surface area contributed by atoms with Gasteiger partial charge in [-0.1, -0.05) is 47.6 Å². The molecule has 0 bridgehead atoms. The van der Waals surface area contributed by atoms with Crippen molar-refractivity contribution in [2.75, 3.05) is 27.4 Å². The number of amides is 1. The van der Waals surface area contributed by atoms with Crippen LogP contribution in [0, 0.1) is 11.8 Å². The first-order valence-corrected chi connectivity index (χ1v) is 18.8. The zero-order valence-corrected chi connectivity index (χ0v) is 30.2. The first-order valence-electron chi connectivity index (χ1n) is 15.0. The predicted octanol–water partition coefficient (Wildman–Crippen LogP) is 7.26. The molecule has 0 spiro atoms. The van der Waals surface area contributed by atoms with E-state index in [4.69, 9.17) is 18.6 Å². The summed E-state index contributed by atoms with van der Waals surface area (Å²) in [5.74, 6) is -0.743. The van der Waals surface area contributed by atoms with E-state index in [0.717, 1.165) is 10.6 Å². The number of rotatable bonds is 9. The molecule has 43 heavy (non-hydrogen) atoms. The van der Waals surface area contributed by atoms with Crippen molar-refractivity contribution < 1.29 is 28.2 Å². The van der Waals surface area contributed by atoms with E-state index >= 15 is 0 Å². The topological polar surface area (TPSA) is 87.2 Å². The molecule has 1 aliphatic heterocycles. The highest BCUT2D eigenvalue weighted by molar-refractivity contribution is 7.09. The fourth-order valence-corrected chi connectivity index (χ4v) is 7.23. The summed E-state index contributed by atoms with van der Waals surface area (Å²) in [6, 6.07) is 4.12. The van der Waals surface area contributed by atoms with E-state index in [9.17, 15) is 9.59 Å². The van der Waals surface area contributed by atoms with Gasteiger partial charge in [0.25, 0.3) is 5.91 Å². The van der Waals surface area contributed by atoms with Crippen LogP contribution >= 0.6 is 11.3 Å². The lowest BCUT2D eigenvalue weighted by atomic mass is 9.85. The number of methoxy groups -OCH3 is 2. The molecule has 2 aromatic rings. The highest BCUT2D eigenvalue weighted by Crippen LogP contribution is 2.48. The zero-order valence-electron chi connectivity index (χ0n) is 28.4. The van der Waals surface area contributed by atoms with E-state index in [1.54, 1.807) is 31.4 Å². The Labute approximate surface area is 263 Å². The Morgan fingerprint density at radius 3 is 2.12 bits per heavy atom. The molecule has 1 aromatic carbocycles. The zero-order chi connectivity index (χ0) is 32.5. The maximum absolute atomic E-state index is 14.7. The minimum atomic E-state index is -2.20. The quantitative estimate of drug-likeness (QED) is 0.212. The number of benzene rings is 1. The Balaban J connectivity index is 2.22. The van der Waals surface area contributed by atoms with Crippen molar-refractivity contribution >= 4 is 31.5 Å². The van der Waals surface area contributed by atoms with Crippen LogP contribution in [0.2, 0.25) is 18.1 Å². The lowest BCUT2D eigenvalue weighted by Gasteiger charge is -2.38. The van der Waals surface area contributed by atoms with Crippen LogP contribution in [0.3, 0.4) is 0 Å². The fraction of sp³-hybridized carbons (Fsp3) is 0.667. The maximum atomic E-state index is 14.7. The smallest absolute Gasteiger partial charge is 0.329 e. The van der Waals surface area contributed by atoms with Crippen LogP contribution in [0.5, 0.6) is 5.75 Å². The molecule has 1 amide bonds. The Morgan fingerprint density at radius 2 is 1.63 bits per heavy atom. The number of thiazole rings is 1. The molecule has 0 saturated carbocycles. The highest BCUT2D eigenvalue weighted by Gasteiger charge is 2.57. The third-order valence-electron chi connectivity index (χ3n) is 8.61. The Morgan fingerprint density at radius 1 is 0.977 bits per heavy atom. The van der Waals surface area contributed by atoms with Crippen molar-refractivity contribution in [2.45, 2.75) is 104 Å². The standard InChI is InChI=1S/C33H52N2O6SSi/c1-31(2,3)24-15-14-21(18-25(24)39-11)29(36)35-26(28-34-16-17-42-28)22(19-38-10)23(20-40-43(12,13)33(7,8)9)27(35)30(37)41-32(4,5)6/h14-18,22-23,26-27H,19-20H2,1-13H3/t22-,23-,26+,27?/m0/s1. The van der Waals surface area contributed by atoms with E-state index in [1.165, 1.54) is 11.3 Å². The van der Waals surface area contributed by atoms with Crippen LogP contribution in [0.25, 0.3) is 0 Å². The number of nitrogens with zero attached hydrogens (tertiary/aromatic N) is 2. The van der Waals surface area contributed by atoms with Gasteiger partial charge in [0, 0.05) is 42.7 Å². The molecule has 1 aromatic heterocycles. The summed E-state index contributed by atoms with van der Waals surface area (Å²) in [4.78, 5) is 35.2. The molecule has 4 atom stereocenters. The van der Waals surface area contributed by atoms with E-state index in [1.807, 2.05) is 38.3 Å². The molecule has 1 unspecified atom stereocenters. The average Bonchev–Trinajstić information content (AvgIpc) is 3.51. The van der Waals surface area contributed by atoms with E-state index < -0.39 is 32.0 Å². The second-order valence-electron chi connectivity index (χ2n) is 15.0. The summed E-state index contributed by atoms with van der Waals surface area (Å²) in [6.45, 7) is 23.4. The number of esters is 1. The van der Waals surface area contributed by atoms with Gasteiger partial charge < -0.3 is 23.5 Å². The van der Waals surface area contributed by atoms with Crippen LogP contribution in [-0.2, 0) is 24.1 Å². The van der Waals surface area contributed by atoms with E-state index in [-0.39, 0.29) is 28.2 Å². The van der Waals surface area contributed by atoms with Crippen LogP contribution in [0.4, 0.5) is 0 Å². The van der Waals surface area contributed by atoms with E-state index in [2.05, 4.69) is 59.6 Å². The monoisotopic (exact) mass is 632 g/mol. The minimum absolute atomic E-state index is 0.0284. The van der Waals surface area contributed by atoms with Gasteiger partial charge in [-0.15, -0.1) is 11.3 Å². The lowest BCUT2D eigenvalue weighted by molar-refractivity contribution is -0.161. The predicted molar refractivity (Wildman–Crippen MR) is 174 cm³/mol. The van der Waals surface area contributed by atoms with Crippen molar-refractivity contribution in [3.05, 3.63) is 45.9 Å². The summed E-state index contributed by atoms with van der Waals surface area (Å²) in [5, 5.41) is 2.61. The van der Waals surface area contributed by atoms with Crippen molar-refractivity contribution in [2.24, 2.45) is 11.8 Å². The summed E-state index contributed by atoms with van der Waals surface area (Å²) < 4.78 is 24.3. The van der Waals surface area contributed by atoms with Crippen molar-refractivity contribution in [1.82, 2.24) is 9.88 Å². The van der Waals surface area contributed by atoms with Gasteiger partial charge in [-0.3, -0.25) is 4.79 Å². The summed E-state index contributed by atoms with van der Waals surface area (Å²) >= 11 is 1.47. The molecule has 3 rings (SSSR count). The molecular weight excluding hydrogens is 581 g/mol. The summed E-state index contributed by atoms with van der Waals surface area (Å²) in [5.41, 5.74) is 0.497. The van der Waals surface area contributed by atoms with Crippen LogP contribution in [0.1, 0.15) is 89.3 Å². The number of carbonyl (C=O) groups excluding carboxylic acids is 2. The molecule has 0 radical (unpaired) electrons. The third kappa shape index (κ3) is 7.88. The van der Waals surface area contributed by atoms with Gasteiger partial charge in [0.05, 0.1) is 19.8 Å². The minimum Gasteiger partial charge on any atom is -0.496 e. The van der Waals surface area contributed by atoms with Gasteiger partial charge in [-0.25, -0.2) is 9.78 Å². The number of carbonyl (C=O) groups is 2. The van der Waals surface area contributed by atoms with Gasteiger partial charge in [-0.05, 0) is 62.0 Å². The summed E-state index contributed by atoms with van der Waals surface area (Å²) in [6.07, 6.45) is 1.73. The molecule has 1 saturated heterocycles. The van der Waals surface area contributed by atoms with Crippen molar-refractivity contribution in [3.63, 3.8) is 0 Å². The van der Waals surface area contributed by atoms with Gasteiger partial charge in [-0.2, -0.15) is 0 Å². The Kier molecular flexibility index (Phi) is 10.6. The second-order valence-corrected chi connectivity index (χ2v) is 20.8. The van der Waals surface area contributed by atoms with Gasteiger partial charge in [0.15, 0.2) is 8.32 Å². The maximum Gasteiger partial charge on any atom is 0.329 e. The molecule has 0 N–H and O–H groups in total. The highest BCUT2D eigenvalue weighted by atomic mass is 32.1. The van der Waals surface area contributed by atoms with Crippen molar-refractivity contribution in [3.8, 4) is 5.75 Å². The van der Waals surface area contributed by atoms with Crippen LogP contribution < -0.4 is 4.74 Å². The number of hydrogen-bond donors (Lipinski definition) is 0. The van der Waals surface area contributed by atoms with Crippen molar-refractivity contribution in [1.29, 1.82) is 0 Å². The average molecular weight is 633 g/mol. The van der Waals surface area contributed by atoms with Crippen LogP contribution in [0.15, 0.2) is 29.8 Å². The summed E-state index contributed by atoms with van der Waals surface area (Å²) in [7, 11) is 1.06. The second kappa shape index (κ2) is 13.0. The first-order chi connectivity index (χ1) is 19.7. The third-order valence-corrected chi connectivity index (χ3v) is 14.0. The van der Waals surface area contributed by atoms with Gasteiger partial charge in [0.2, 0.25) is 0 Å². The molecule has 10 heteroatoms. The molecule has 1 fully saturated rings. The number of ether oxygens (including phenoxy) is 3. The largest absolute Gasteiger partial charge is 0.496 e. The Bertz CT molecular complexity index is 1260. The SMILES string of the molecule is COC[C@H]1[C@H](CO[Si](C)(C)C(C)(C)C)C(C(=O)OC(C)(C)C)N(C(=O)c2ccc(C(C)(C)C)c(OC)c2)[C@H]1c1nccs1. The number of aromatic nitrogens is 1. The molecule has 2 heterocycles. The fourth-order valence-electron chi connectivity index (χ4n) is 5.38. The first kappa shape index (κ1) is 35.2. The van der Waals surface area contributed by atoms with Gasteiger partial charge >= 0.3 is 5.97 Å². The van der Waals surface area contributed by atoms with E-state index in [0.29, 0.717) is 24.5 Å². The Hall–Kier alpha value is -2.27. The number of likely N-dealkylation sites (tertiary alicyclic amines) is 1.